The second-order valence-corrected chi connectivity index (χ2v) is 3.51. The van der Waals surface area contributed by atoms with Crippen LogP contribution in [0, 0.1) is 13.8 Å². The number of ether oxygens (including phenoxy) is 3. The molecule has 0 atom stereocenters. The zero-order chi connectivity index (χ0) is 12.0. The number of hydrogen-bond acceptors (Lipinski definition) is 4. The zero-order valence-electron chi connectivity index (χ0n) is 9.78. The van der Waals surface area contributed by atoms with E-state index in [0.29, 0.717) is 0 Å². The molecule has 4 heteroatoms. The molecule has 0 heterocycles. The SMILES string of the molecule is COC(=O)COCOc1cc(C)cc(C)c1. The van der Waals surface area contributed by atoms with Crippen LogP contribution < -0.4 is 4.74 Å². The van der Waals surface area contributed by atoms with Crippen LogP contribution in [0.15, 0.2) is 18.2 Å². The molecule has 88 valence electrons. The van der Waals surface area contributed by atoms with Gasteiger partial charge in [0.05, 0.1) is 7.11 Å². The molecule has 1 rings (SSSR count). The molecule has 1 aromatic rings. The van der Waals surface area contributed by atoms with Crippen LogP contribution in [0.25, 0.3) is 0 Å². The van der Waals surface area contributed by atoms with Crippen LogP contribution in [0.4, 0.5) is 0 Å². The van der Waals surface area contributed by atoms with Crippen LogP contribution >= 0.6 is 0 Å². The molecule has 0 amide bonds. The summed E-state index contributed by atoms with van der Waals surface area (Å²) in [6.07, 6.45) is 0. The molecule has 0 saturated heterocycles. The molecule has 0 aliphatic heterocycles. The monoisotopic (exact) mass is 224 g/mol. The predicted octanol–water partition coefficient (Wildman–Crippen LogP) is 1.83. The van der Waals surface area contributed by atoms with E-state index in [9.17, 15) is 4.79 Å². The van der Waals surface area contributed by atoms with Crippen molar-refractivity contribution < 1.29 is 19.0 Å². The lowest BCUT2D eigenvalue weighted by molar-refractivity contribution is -0.148. The van der Waals surface area contributed by atoms with Gasteiger partial charge >= 0.3 is 5.97 Å². The lowest BCUT2D eigenvalue weighted by Gasteiger charge is -2.08. The van der Waals surface area contributed by atoms with Gasteiger partial charge in [0.2, 0.25) is 0 Å². The fourth-order valence-electron chi connectivity index (χ4n) is 1.31. The Kier molecular flexibility index (Phi) is 4.79. The molecular weight excluding hydrogens is 208 g/mol. The largest absolute Gasteiger partial charge is 0.468 e. The van der Waals surface area contributed by atoms with Gasteiger partial charge in [0, 0.05) is 0 Å². The van der Waals surface area contributed by atoms with Gasteiger partial charge in [-0.05, 0) is 37.1 Å². The van der Waals surface area contributed by atoms with Gasteiger partial charge in [0.25, 0.3) is 0 Å². The van der Waals surface area contributed by atoms with Gasteiger partial charge < -0.3 is 14.2 Å². The number of esters is 1. The molecule has 0 unspecified atom stereocenters. The van der Waals surface area contributed by atoms with Crippen molar-refractivity contribution in [1.29, 1.82) is 0 Å². The average molecular weight is 224 g/mol. The minimum Gasteiger partial charge on any atom is -0.468 e. The van der Waals surface area contributed by atoms with Gasteiger partial charge in [-0.3, -0.25) is 0 Å². The molecule has 1 aromatic carbocycles. The number of carbonyl (C=O) groups excluding carboxylic acids is 1. The van der Waals surface area contributed by atoms with Crippen molar-refractivity contribution in [2.45, 2.75) is 13.8 Å². The third-order valence-corrected chi connectivity index (χ3v) is 1.95. The fourth-order valence-corrected chi connectivity index (χ4v) is 1.31. The molecule has 0 aliphatic carbocycles. The Morgan fingerprint density at radius 1 is 1.19 bits per heavy atom. The van der Waals surface area contributed by atoms with Crippen LogP contribution in [0.1, 0.15) is 11.1 Å². The van der Waals surface area contributed by atoms with Crippen molar-refractivity contribution in [3.63, 3.8) is 0 Å². The lowest BCUT2D eigenvalue weighted by Crippen LogP contribution is -2.13. The van der Waals surface area contributed by atoms with Crippen LogP contribution in [0.5, 0.6) is 5.75 Å². The normalized spacial score (nSPS) is 9.94. The minimum atomic E-state index is -0.413. The number of methoxy groups -OCH3 is 1. The van der Waals surface area contributed by atoms with E-state index in [0.717, 1.165) is 16.9 Å². The van der Waals surface area contributed by atoms with E-state index in [1.54, 1.807) is 0 Å². The highest BCUT2D eigenvalue weighted by Gasteiger charge is 2.00. The highest BCUT2D eigenvalue weighted by atomic mass is 16.7. The van der Waals surface area contributed by atoms with E-state index in [-0.39, 0.29) is 13.4 Å². The number of rotatable bonds is 5. The van der Waals surface area contributed by atoms with Gasteiger partial charge in [0.15, 0.2) is 6.79 Å². The molecule has 4 nitrogen and oxygen atoms in total. The average Bonchev–Trinajstić information content (AvgIpc) is 2.22. The molecule has 0 bridgehead atoms. The summed E-state index contributed by atoms with van der Waals surface area (Å²) in [4.78, 5) is 10.7. The van der Waals surface area contributed by atoms with Crippen LogP contribution in [0.3, 0.4) is 0 Å². The van der Waals surface area contributed by atoms with Gasteiger partial charge in [-0.25, -0.2) is 4.79 Å². The molecule has 0 fully saturated rings. The number of hydrogen-bond donors (Lipinski definition) is 0. The van der Waals surface area contributed by atoms with Crippen molar-refractivity contribution in [3.05, 3.63) is 29.3 Å². The molecule has 0 aromatic heterocycles. The third kappa shape index (κ3) is 4.31. The topological polar surface area (TPSA) is 44.8 Å². The van der Waals surface area contributed by atoms with Crippen molar-refractivity contribution >= 4 is 5.97 Å². The summed E-state index contributed by atoms with van der Waals surface area (Å²) in [5.41, 5.74) is 2.26. The Bertz CT molecular complexity index is 340. The lowest BCUT2D eigenvalue weighted by atomic mass is 10.1. The van der Waals surface area contributed by atoms with Crippen molar-refractivity contribution in [3.8, 4) is 5.75 Å². The molecular formula is C12H16O4. The summed E-state index contributed by atoms with van der Waals surface area (Å²) in [6.45, 7) is 3.93. The molecule has 0 saturated carbocycles. The first-order chi connectivity index (χ1) is 7.61. The minimum absolute atomic E-state index is 0.0397. The summed E-state index contributed by atoms with van der Waals surface area (Å²) < 4.78 is 14.7. The van der Waals surface area contributed by atoms with Gasteiger partial charge in [0.1, 0.15) is 12.4 Å². The summed E-state index contributed by atoms with van der Waals surface area (Å²) in [5, 5.41) is 0. The summed E-state index contributed by atoms with van der Waals surface area (Å²) >= 11 is 0. The van der Waals surface area contributed by atoms with E-state index in [1.165, 1.54) is 7.11 Å². The molecule has 0 spiro atoms. The Morgan fingerprint density at radius 3 is 2.38 bits per heavy atom. The summed E-state index contributed by atoms with van der Waals surface area (Å²) in [6, 6.07) is 5.88. The van der Waals surface area contributed by atoms with Crippen LogP contribution in [-0.2, 0) is 14.3 Å². The highest BCUT2D eigenvalue weighted by Crippen LogP contribution is 2.15. The van der Waals surface area contributed by atoms with Crippen LogP contribution in [0.2, 0.25) is 0 Å². The molecule has 0 radical (unpaired) electrons. The van der Waals surface area contributed by atoms with E-state index in [4.69, 9.17) is 9.47 Å². The van der Waals surface area contributed by atoms with Gasteiger partial charge in [-0.15, -0.1) is 0 Å². The maximum absolute atomic E-state index is 10.7. The number of benzene rings is 1. The highest BCUT2D eigenvalue weighted by molar-refractivity contribution is 5.70. The first-order valence-corrected chi connectivity index (χ1v) is 4.97. The second kappa shape index (κ2) is 6.12. The second-order valence-electron chi connectivity index (χ2n) is 3.51. The van der Waals surface area contributed by atoms with Gasteiger partial charge in [-0.2, -0.15) is 0 Å². The van der Waals surface area contributed by atoms with E-state index in [1.807, 2.05) is 26.0 Å². The van der Waals surface area contributed by atoms with E-state index < -0.39 is 5.97 Å². The first kappa shape index (κ1) is 12.5. The summed E-state index contributed by atoms with van der Waals surface area (Å²) in [5.74, 6) is 0.325. The quantitative estimate of drug-likeness (QED) is 0.435. The molecule has 16 heavy (non-hydrogen) atoms. The Labute approximate surface area is 95.1 Å². The van der Waals surface area contributed by atoms with Crippen molar-refractivity contribution in [2.24, 2.45) is 0 Å². The van der Waals surface area contributed by atoms with Crippen molar-refractivity contribution in [2.75, 3.05) is 20.5 Å². The van der Waals surface area contributed by atoms with Gasteiger partial charge in [-0.1, -0.05) is 6.07 Å². The Morgan fingerprint density at radius 2 is 1.81 bits per heavy atom. The zero-order valence-corrected chi connectivity index (χ0v) is 9.78. The maximum atomic E-state index is 10.7. The third-order valence-electron chi connectivity index (χ3n) is 1.95. The fraction of sp³-hybridized carbons (Fsp3) is 0.417. The van der Waals surface area contributed by atoms with E-state index >= 15 is 0 Å². The Balaban J connectivity index is 2.34. The summed E-state index contributed by atoms with van der Waals surface area (Å²) in [7, 11) is 1.32. The predicted molar refractivity (Wildman–Crippen MR) is 59.4 cm³/mol. The van der Waals surface area contributed by atoms with Crippen LogP contribution in [-0.4, -0.2) is 26.5 Å². The maximum Gasteiger partial charge on any atom is 0.331 e. The first-order valence-electron chi connectivity index (χ1n) is 4.97. The number of aryl methyl sites for hydroxylation is 2. The molecule has 0 N–H and O–H groups in total. The molecule has 0 aliphatic rings. The van der Waals surface area contributed by atoms with E-state index in [2.05, 4.69) is 10.8 Å². The number of carbonyl (C=O) groups is 1. The standard InChI is InChI=1S/C12H16O4/c1-9-4-10(2)6-11(5-9)16-8-15-7-12(13)14-3/h4-6H,7-8H2,1-3H3. The smallest absolute Gasteiger partial charge is 0.331 e. The Hall–Kier alpha value is -1.55. The van der Waals surface area contributed by atoms with Crippen molar-refractivity contribution in [1.82, 2.24) is 0 Å².